The van der Waals surface area contributed by atoms with Crippen molar-refractivity contribution in [2.75, 3.05) is 0 Å². The Bertz CT molecular complexity index is 310. The standard InChI is InChI=1S/C15H20O/c1-3-5-12-15(9-4-2)16-13-14-10-7-6-8-11-14/h2,6-8,10-11,15H,3,5,9,12-13H2,1H3. The molecule has 86 valence electrons. The SMILES string of the molecule is C#CCC(CCCC)OCc1ccccc1. The van der Waals surface area contributed by atoms with Crippen molar-refractivity contribution in [3.05, 3.63) is 35.9 Å². The molecule has 0 heterocycles. The van der Waals surface area contributed by atoms with Gasteiger partial charge in [0.2, 0.25) is 0 Å². The first kappa shape index (κ1) is 12.8. The van der Waals surface area contributed by atoms with Crippen LogP contribution in [0.1, 0.15) is 38.2 Å². The fourth-order valence-electron chi connectivity index (χ4n) is 1.60. The Morgan fingerprint density at radius 2 is 2.06 bits per heavy atom. The summed E-state index contributed by atoms with van der Waals surface area (Å²) in [5, 5.41) is 0. The van der Waals surface area contributed by atoms with E-state index in [1.165, 1.54) is 18.4 Å². The van der Waals surface area contributed by atoms with Crippen molar-refractivity contribution in [2.45, 2.75) is 45.3 Å². The van der Waals surface area contributed by atoms with Crippen LogP contribution in [0.4, 0.5) is 0 Å². The highest BCUT2D eigenvalue weighted by atomic mass is 16.5. The van der Waals surface area contributed by atoms with Gasteiger partial charge >= 0.3 is 0 Å². The molecule has 0 spiro atoms. The van der Waals surface area contributed by atoms with Crippen LogP contribution in [0.15, 0.2) is 30.3 Å². The van der Waals surface area contributed by atoms with Crippen LogP contribution in [0, 0.1) is 12.3 Å². The average molecular weight is 216 g/mol. The molecule has 0 bridgehead atoms. The van der Waals surface area contributed by atoms with E-state index in [1.807, 2.05) is 18.2 Å². The van der Waals surface area contributed by atoms with Gasteiger partial charge in [0.05, 0.1) is 12.7 Å². The first-order valence-electron chi connectivity index (χ1n) is 5.95. The number of benzene rings is 1. The molecule has 0 aliphatic rings. The summed E-state index contributed by atoms with van der Waals surface area (Å²) >= 11 is 0. The molecule has 1 unspecified atom stereocenters. The minimum absolute atomic E-state index is 0.213. The van der Waals surface area contributed by atoms with Gasteiger partial charge < -0.3 is 4.74 Å². The van der Waals surface area contributed by atoms with Crippen molar-refractivity contribution in [3.8, 4) is 12.3 Å². The van der Waals surface area contributed by atoms with E-state index in [4.69, 9.17) is 11.2 Å². The Balaban J connectivity index is 2.35. The maximum atomic E-state index is 5.83. The van der Waals surface area contributed by atoms with Crippen molar-refractivity contribution in [1.82, 2.24) is 0 Å². The highest BCUT2D eigenvalue weighted by Crippen LogP contribution is 2.11. The normalized spacial score (nSPS) is 12.0. The number of unbranched alkanes of at least 4 members (excludes halogenated alkanes) is 1. The third-order valence-corrected chi connectivity index (χ3v) is 2.55. The number of terminal acetylenes is 1. The van der Waals surface area contributed by atoms with Gasteiger partial charge in [-0.15, -0.1) is 12.3 Å². The summed E-state index contributed by atoms with van der Waals surface area (Å²) in [7, 11) is 0. The van der Waals surface area contributed by atoms with Crippen LogP contribution in [0.5, 0.6) is 0 Å². The zero-order chi connectivity index (χ0) is 11.6. The van der Waals surface area contributed by atoms with E-state index in [-0.39, 0.29) is 6.10 Å². The van der Waals surface area contributed by atoms with Crippen LogP contribution in [0.25, 0.3) is 0 Å². The second-order valence-electron chi connectivity index (χ2n) is 3.97. The molecular formula is C15H20O. The molecule has 1 rings (SSSR count). The van der Waals surface area contributed by atoms with Crippen LogP contribution in [0.3, 0.4) is 0 Å². The van der Waals surface area contributed by atoms with Gasteiger partial charge in [0.25, 0.3) is 0 Å². The Labute approximate surface area is 98.8 Å². The maximum Gasteiger partial charge on any atom is 0.0721 e. The molecule has 0 aromatic heterocycles. The Kier molecular flexibility index (Phi) is 6.37. The van der Waals surface area contributed by atoms with Crippen molar-refractivity contribution in [3.63, 3.8) is 0 Å². The molecular weight excluding hydrogens is 196 g/mol. The zero-order valence-corrected chi connectivity index (χ0v) is 9.99. The van der Waals surface area contributed by atoms with E-state index >= 15 is 0 Å². The molecule has 0 N–H and O–H groups in total. The second kappa shape index (κ2) is 7.96. The summed E-state index contributed by atoms with van der Waals surface area (Å²) in [6, 6.07) is 10.2. The molecule has 1 atom stereocenters. The zero-order valence-electron chi connectivity index (χ0n) is 9.99. The molecule has 0 aliphatic heterocycles. The van der Waals surface area contributed by atoms with Crippen LogP contribution < -0.4 is 0 Å². The Hall–Kier alpha value is -1.26. The smallest absolute Gasteiger partial charge is 0.0721 e. The van der Waals surface area contributed by atoms with Crippen LogP contribution in [-0.4, -0.2) is 6.10 Å². The second-order valence-corrected chi connectivity index (χ2v) is 3.97. The van der Waals surface area contributed by atoms with Crippen molar-refractivity contribution in [1.29, 1.82) is 0 Å². The van der Waals surface area contributed by atoms with Crippen LogP contribution in [-0.2, 0) is 11.3 Å². The van der Waals surface area contributed by atoms with Gasteiger partial charge in [-0.2, -0.15) is 0 Å². The molecule has 1 nitrogen and oxygen atoms in total. The van der Waals surface area contributed by atoms with Crippen molar-refractivity contribution >= 4 is 0 Å². The predicted molar refractivity (Wildman–Crippen MR) is 68.0 cm³/mol. The number of ether oxygens (including phenoxy) is 1. The molecule has 0 radical (unpaired) electrons. The third-order valence-electron chi connectivity index (χ3n) is 2.55. The maximum absolute atomic E-state index is 5.83. The molecule has 1 aromatic carbocycles. The monoisotopic (exact) mass is 216 g/mol. The number of hydrogen-bond acceptors (Lipinski definition) is 1. The molecule has 0 saturated heterocycles. The van der Waals surface area contributed by atoms with E-state index < -0.39 is 0 Å². The highest BCUT2D eigenvalue weighted by molar-refractivity contribution is 5.13. The summed E-state index contributed by atoms with van der Waals surface area (Å²) in [6.07, 6.45) is 9.70. The highest BCUT2D eigenvalue weighted by Gasteiger charge is 2.06. The summed E-state index contributed by atoms with van der Waals surface area (Å²) in [5.74, 6) is 2.69. The average Bonchev–Trinajstić information content (AvgIpc) is 2.34. The number of hydrogen-bond donors (Lipinski definition) is 0. The van der Waals surface area contributed by atoms with Gasteiger partial charge in [-0.3, -0.25) is 0 Å². The van der Waals surface area contributed by atoms with Gasteiger partial charge in [-0.05, 0) is 12.0 Å². The van der Waals surface area contributed by atoms with Gasteiger partial charge in [0.15, 0.2) is 0 Å². The Morgan fingerprint density at radius 1 is 1.31 bits per heavy atom. The lowest BCUT2D eigenvalue weighted by Gasteiger charge is -2.15. The molecule has 16 heavy (non-hydrogen) atoms. The summed E-state index contributed by atoms with van der Waals surface area (Å²) in [6.45, 7) is 2.85. The van der Waals surface area contributed by atoms with Gasteiger partial charge in [0, 0.05) is 6.42 Å². The first-order chi connectivity index (χ1) is 7.86. The van der Waals surface area contributed by atoms with Crippen LogP contribution in [0.2, 0.25) is 0 Å². The Morgan fingerprint density at radius 3 is 2.69 bits per heavy atom. The lowest BCUT2D eigenvalue weighted by Crippen LogP contribution is -2.12. The van der Waals surface area contributed by atoms with Crippen LogP contribution >= 0.6 is 0 Å². The van der Waals surface area contributed by atoms with E-state index in [0.29, 0.717) is 13.0 Å². The van der Waals surface area contributed by atoms with Gasteiger partial charge in [-0.25, -0.2) is 0 Å². The van der Waals surface area contributed by atoms with E-state index in [2.05, 4.69) is 25.0 Å². The number of rotatable bonds is 7. The third kappa shape index (κ3) is 5.00. The topological polar surface area (TPSA) is 9.23 Å². The predicted octanol–water partition coefficient (Wildman–Crippen LogP) is 3.79. The quantitative estimate of drug-likeness (QED) is 0.630. The molecule has 0 fully saturated rings. The van der Waals surface area contributed by atoms with Crippen molar-refractivity contribution in [2.24, 2.45) is 0 Å². The lowest BCUT2D eigenvalue weighted by molar-refractivity contribution is 0.0370. The lowest BCUT2D eigenvalue weighted by atomic mass is 10.1. The molecule has 1 aromatic rings. The first-order valence-corrected chi connectivity index (χ1v) is 5.95. The molecule has 0 saturated carbocycles. The summed E-state index contributed by atoms with van der Waals surface area (Å²) < 4.78 is 5.83. The molecule has 1 heteroatoms. The molecule has 0 aliphatic carbocycles. The minimum atomic E-state index is 0.213. The van der Waals surface area contributed by atoms with E-state index in [1.54, 1.807) is 0 Å². The minimum Gasteiger partial charge on any atom is -0.373 e. The van der Waals surface area contributed by atoms with E-state index in [9.17, 15) is 0 Å². The largest absolute Gasteiger partial charge is 0.373 e. The van der Waals surface area contributed by atoms with Gasteiger partial charge in [-0.1, -0.05) is 50.1 Å². The van der Waals surface area contributed by atoms with Gasteiger partial charge in [0.1, 0.15) is 0 Å². The fraction of sp³-hybridized carbons (Fsp3) is 0.467. The van der Waals surface area contributed by atoms with Crippen molar-refractivity contribution < 1.29 is 4.74 Å². The molecule has 0 amide bonds. The summed E-state index contributed by atoms with van der Waals surface area (Å²) in [4.78, 5) is 0. The van der Waals surface area contributed by atoms with E-state index in [0.717, 1.165) is 6.42 Å². The summed E-state index contributed by atoms with van der Waals surface area (Å²) in [5.41, 5.74) is 1.21. The fourth-order valence-corrected chi connectivity index (χ4v) is 1.60.